The lowest BCUT2D eigenvalue weighted by Crippen LogP contribution is -2.17. The Labute approximate surface area is 155 Å². The minimum Gasteiger partial charge on any atom is -0.497 e. The first-order valence-electron chi connectivity index (χ1n) is 8.32. The van der Waals surface area contributed by atoms with Crippen molar-refractivity contribution < 1.29 is 19.4 Å². The molecule has 2 aromatic rings. The zero-order valence-corrected chi connectivity index (χ0v) is 15.7. The van der Waals surface area contributed by atoms with Crippen LogP contribution in [0.25, 0.3) is 0 Å². The maximum atomic E-state index is 12.3. The van der Waals surface area contributed by atoms with E-state index in [2.05, 4.69) is 15.5 Å². The molecule has 26 heavy (non-hydrogen) atoms. The summed E-state index contributed by atoms with van der Waals surface area (Å²) in [6, 6.07) is 7.84. The molecule has 0 bridgehead atoms. The van der Waals surface area contributed by atoms with E-state index in [4.69, 9.17) is 4.74 Å². The Kier molecular flexibility index (Phi) is 4.95. The van der Waals surface area contributed by atoms with Gasteiger partial charge in [-0.05, 0) is 29.5 Å². The van der Waals surface area contributed by atoms with Crippen molar-refractivity contribution in [3.05, 3.63) is 34.8 Å². The molecule has 1 saturated carbocycles. The number of carboxylic acid groups (broad SMARTS) is 1. The van der Waals surface area contributed by atoms with E-state index in [0.717, 1.165) is 22.7 Å². The number of anilines is 1. The van der Waals surface area contributed by atoms with Crippen LogP contribution in [0.15, 0.2) is 24.3 Å². The molecule has 0 spiro atoms. The van der Waals surface area contributed by atoms with E-state index in [9.17, 15) is 14.7 Å². The van der Waals surface area contributed by atoms with Crippen LogP contribution < -0.4 is 10.1 Å². The lowest BCUT2D eigenvalue weighted by atomic mass is 10.1. The minimum absolute atomic E-state index is 0.305. The number of hydrogen-bond donors (Lipinski definition) is 2. The monoisotopic (exact) mass is 375 g/mol. The van der Waals surface area contributed by atoms with Gasteiger partial charge in [-0.25, -0.2) is 0 Å². The largest absolute Gasteiger partial charge is 0.497 e. The Hall–Kier alpha value is -2.48. The Morgan fingerprint density at radius 3 is 2.46 bits per heavy atom. The molecule has 0 radical (unpaired) electrons. The van der Waals surface area contributed by atoms with Gasteiger partial charge in [-0.3, -0.25) is 9.59 Å². The fourth-order valence-electron chi connectivity index (χ4n) is 3.22. The van der Waals surface area contributed by atoms with Crippen molar-refractivity contribution in [3.8, 4) is 5.75 Å². The summed E-state index contributed by atoms with van der Waals surface area (Å²) in [7, 11) is 1.63. The smallest absolute Gasteiger partial charge is 0.307 e. The van der Waals surface area contributed by atoms with Gasteiger partial charge in [0, 0.05) is 6.42 Å². The van der Waals surface area contributed by atoms with Gasteiger partial charge < -0.3 is 15.2 Å². The van der Waals surface area contributed by atoms with Crippen LogP contribution in [0.2, 0.25) is 0 Å². The zero-order chi connectivity index (χ0) is 18.9. The number of carboxylic acids is 1. The summed E-state index contributed by atoms with van der Waals surface area (Å²) in [6.07, 6.45) is 1.52. The fourth-order valence-corrected chi connectivity index (χ4v) is 3.96. The van der Waals surface area contributed by atoms with Crippen LogP contribution in [-0.4, -0.2) is 34.3 Å². The van der Waals surface area contributed by atoms with Gasteiger partial charge in [0.05, 0.1) is 18.9 Å². The number of nitrogens with zero attached hydrogens (tertiary/aromatic N) is 2. The number of carbonyl (C=O) groups excluding carboxylic acids is 1. The number of aliphatic carboxylic acids is 1. The number of nitrogens with one attached hydrogen (secondary N) is 1. The summed E-state index contributed by atoms with van der Waals surface area (Å²) in [5, 5.41) is 21.2. The summed E-state index contributed by atoms with van der Waals surface area (Å²) < 4.78 is 5.14. The Bertz CT molecular complexity index is 816. The molecular formula is C18H21N3O4S. The van der Waals surface area contributed by atoms with Crippen molar-refractivity contribution in [3.63, 3.8) is 0 Å². The first kappa shape index (κ1) is 18.3. The summed E-state index contributed by atoms with van der Waals surface area (Å²) in [5.74, 6) is -1.61. The summed E-state index contributed by atoms with van der Waals surface area (Å²) in [6.45, 7) is 3.58. The van der Waals surface area contributed by atoms with Crippen molar-refractivity contribution >= 4 is 28.3 Å². The molecule has 7 nitrogen and oxygen atoms in total. The van der Waals surface area contributed by atoms with E-state index in [0.29, 0.717) is 11.6 Å². The third-order valence-electron chi connectivity index (χ3n) is 4.86. The van der Waals surface area contributed by atoms with Crippen LogP contribution in [0.3, 0.4) is 0 Å². The molecule has 1 aliphatic rings. The lowest BCUT2D eigenvalue weighted by molar-refractivity contribution is -0.140. The van der Waals surface area contributed by atoms with Crippen LogP contribution in [0.1, 0.15) is 24.4 Å². The van der Waals surface area contributed by atoms with Crippen molar-refractivity contribution in [1.29, 1.82) is 0 Å². The SMILES string of the molecule is COc1ccc(CCc2nnc(NC(=O)[C@@H]3[C@H](C(=O)O)C3(C)C)s2)cc1. The second-order valence-corrected chi connectivity index (χ2v) is 8.02. The summed E-state index contributed by atoms with van der Waals surface area (Å²) >= 11 is 1.32. The standard InChI is InChI=1S/C18H21N3O4S/c1-18(2)13(14(18)16(23)24)15(22)19-17-21-20-12(26-17)9-6-10-4-7-11(25-3)8-5-10/h4-5,7-8,13-14H,6,9H2,1-3H3,(H,23,24)(H,19,21,22)/t13-,14+/m0/s1. The van der Waals surface area contributed by atoms with Crippen LogP contribution in [0.5, 0.6) is 5.75 Å². The molecule has 0 aliphatic heterocycles. The molecule has 0 unspecified atom stereocenters. The number of aryl methyl sites for hydroxylation is 2. The predicted molar refractivity (Wildman–Crippen MR) is 97.3 cm³/mol. The van der Waals surface area contributed by atoms with E-state index in [1.807, 2.05) is 24.3 Å². The van der Waals surface area contributed by atoms with Gasteiger partial charge in [-0.15, -0.1) is 10.2 Å². The lowest BCUT2D eigenvalue weighted by Gasteiger charge is -2.02. The molecule has 1 fully saturated rings. The van der Waals surface area contributed by atoms with Gasteiger partial charge in [-0.2, -0.15) is 0 Å². The highest BCUT2D eigenvalue weighted by atomic mass is 32.1. The number of benzene rings is 1. The number of methoxy groups -OCH3 is 1. The predicted octanol–water partition coefficient (Wildman–Crippen LogP) is 2.63. The number of rotatable bonds is 7. The van der Waals surface area contributed by atoms with E-state index in [-0.39, 0.29) is 5.91 Å². The number of ether oxygens (including phenoxy) is 1. The summed E-state index contributed by atoms with van der Waals surface area (Å²) in [5.41, 5.74) is 0.633. The highest BCUT2D eigenvalue weighted by molar-refractivity contribution is 7.15. The Morgan fingerprint density at radius 1 is 1.19 bits per heavy atom. The first-order valence-corrected chi connectivity index (χ1v) is 9.13. The van der Waals surface area contributed by atoms with Gasteiger partial charge in [0.25, 0.3) is 0 Å². The second kappa shape index (κ2) is 7.03. The van der Waals surface area contributed by atoms with Crippen molar-refractivity contribution in [2.45, 2.75) is 26.7 Å². The van der Waals surface area contributed by atoms with Gasteiger partial charge >= 0.3 is 5.97 Å². The number of aromatic nitrogens is 2. The topological polar surface area (TPSA) is 101 Å². The average Bonchev–Trinajstić information content (AvgIpc) is 2.95. The van der Waals surface area contributed by atoms with Crippen molar-refractivity contribution in [2.24, 2.45) is 17.3 Å². The molecule has 1 amide bonds. The Morgan fingerprint density at radius 2 is 1.88 bits per heavy atom. The van der Waals surface area contributed by atoms with Gasteiger partial charge in [0.15, 0.2) is 0 Å². The normalized spacial score (nSPS) is 20.4. The quantitative estimate of drug-likeness (QED) is 0.771. The first-order chi connectivity index (χ1) is 12.3. The number of amides is 1. The van der Waals surface area contributed by atoms with E-state index in [1.165, 1.54) is 11.3 Å². The third-order valence-corrected chi connectivity index (χ3v) is 5.76. The van der Waals surface area contributed by atoms with E-state index >= 15 is 0 Å². The van der Waals surface area contributed by atoms with Crippen LogP contribution in [-0.2, 0) is 22.4 Å². The molecule has 1 aliphatic carbocycles. The van der Waals surface area contributed by atoms with E-state index in [1.54, 1.807) is 21.0 Å². The zero-order valence-electron chi connectivity index (χ0n) is 14.9. The van der Waals surface area contributed by atoms with Crippen molar-refractivity contribution in [2.75, 3.05) is 12.4 Å². The maximum Gasteiger partial charge on any atom is 0.307 e. The number of carbonyl (C=O) groups is 2. The number of hydrogen-bond acceptors (Lipinski definition) is 6. The highest BCUT2D eigenvalue weighted by Crippen LogP contribution is 2.58. The second-order valence-electron chi connectivity index (χ2n) is 6.95. The summed E-state index contributed by atoms with van der Waals surface area (Å²) in [4.78, 5) is 23.5. The molecule has 2 atom stereocenters. The average molecular weight is 375 g/mol. The van der Waals surface area contributed by atoms with Crippen LogP contribution in [0.4, 0.5) is 5.13 Å². The van der Waals surface area contributed by atoms with E-state index < -0.39 is 23.2 Å². The van der Waals surface area contributed by atoms with Gasteiger partial charge in [0.1, 0.15) is 10.8 Å². The molecule has 1 aromatic carbocycles. The van der Waals surface area contributed by atoms with Crippen LogP contribution >= 0.6 is 11.3 Å². The molecule has 1 aromatic heterocycles. The molecule has 0 saturated heterocycles. The van der Waals surface area contributed by atoms with Gasteiger partial charge in [0.2, 0.25) is 11.0 Å². The molecule has 3 rings (SSSR count). The molecule has 1 heterocycles. The van der Waals surface area contributed by atoms with Crippen LogP contribution in [0, 0.1) is 17.3 Å². The Balaban J connectivity index is 1.55. The molecule has 8 heteroatoms. The van der Waals surface area contributed by atoms with Crippen molar-refractivity contribution in [1.82, 2.24) is 10.2 Å². The minimum atomic E-state index is -0.937. The van der Waals surface area contributed by atoms with Gasteiger partial charge in [-0.1, -0.05) is 37.3 Å². The molecule has 2 N–H and O–H groups in total. The molecule has 138 valence electrons. The fraction of sp³-hybridized carbons (Fsp3) is 0.444. The maximum absolute atomic E-state index is 12.3. The highest BCUT2D eigenvalue weighted by Gasteiger charge is 2.66. The third kappa shape index (κ3) is 3.70. The molecular weight excluding hydrogens is 354 g/mol.